The van der Waals surface area contributed by atoms with Crippen LogP contribution in [-0.2, 0) is 60.3 Å². The Hall–Kier alpha value is 0.613. The molecule has 1 fully saturated rings. The van der Waals surface area contributed by atoms with E-state index in [0.29, 0.717) is 6.39 Å². The van der Waals surface area contributed by atoms with E-state index in [1.165, 1.54) is 105 Å². The fourth-order valence-corrected chi connectivity index (χ4v) is 5.15. The molecule has 0 amide bonds. The van der Waals surface area contributed by atoms with E-state index in [0.717, 1.165) is 0 Å². The Balaban J connectivity index is -0.000000438. The molecule has 3 aromatic rings. The Morgan fingerprint density at radius 2 is 0.667 bits per heavy atom. The van der Waals surface area contributed by atoms with Crippen LogP contribution in [0, 0.1) is 104 Å². The van der Waals surface area contributed by atoms with Gasteiger partial charge in [0.15, 0.2) is 0 Å². The molecule has 0 N–H and O–H groups in total. The SMILES string of the molecule is Cc1c(C)c(C)[c-](C)c1C.Cc1c(C)c(C)[c-](C)c1C.Cc1c(C)c(C)[c-](C)c1C.Cl[B-]B[BH-]1BB1.[Ir].[Ir].[Ir]. The molecule has 39 heavy (non-hydrogen) atoms. The van der Waals surface area contributed by atoms with Crippen LogP contribution in [0.1, 0.15) is 83.5 Å². The first-order chi connectivity index (χ1) is 16.6. The summed E-state index contributed by atoms with van der Waals surface area (Å²) in [6, 6.07) is 0. The molecule has 0 bridgehead atoms. The monoisotopic (exact) mass is 1080 g/mol. The Bertz CT molecular complexity index is 796. The zero-order valence-electron chi connectivity index (χ0n) is 27.3. The van der Waals surface area contributed by atoms with E-state index >= 15 is 0 Å². The van der Waals surface area contributed by atoms with Crippen LogP contribution in [-0.4, -0.2) is 34.2 Å². The third-order valence-electron chi connectivity index (χ3n) is 9.81. The standard InChI is InChI=1S/3C10H15.B5ClH4.3Ir/c3*1-6-7(2)9(4)10(5)8(6)3;6-4-3-5-1-2-5;;;/h3*1-5H3;1-3,5H;;;/q3*-1;-2;;;. The second-order valence-electron chi connectivity index (χ2n) is 11.6. The number of hydrogen-bond donors (Lipinski definition) is 0. The third-order valence-corrected chi connectivity index (χ3v) is 10.0. The molecule has 1 saturated heterocycles. The molecular formula is C30H49B5ClIr3-5. The van der Waals surface area contributed by atoms with Crippen molar-refractivity contribution in [3.05, 3.63) is 83.5 Å². The van der Waals surface area contributed by atoms with E-state index in [9.17, 15) is 0 Å². The van der Waals surface area contributed by atoms with Gasteiger partial charge in [0.2, 0.25) is 0 Å². The van der Waals surface area contributed by atoms with E-state index < -0.39 is 0 Å². The quantitative estimate of drug-likeness (QED) is 0.202. The molecule has 0 nitrogen and oxygen atoms in total. The summed E-state index contributed by atoms with van der Waals surface area (Å²) in [7, 11) is 4.19. The van der Waals surface area contributed by atoms with Gasteiger partial charge in [0.05, 0.1) is 0 Å². The van der Waals surface area contributed by atoms with Crippen molar-refractivity contribution in [2.24, 2.45) is 0 Å². The van der Waals surface area contributed by atoms with E-state index in [1.807, 2.05) is 0 Å². The Kier molecular flexibility index (Phi) is 22.3. The molecule has 1 aliphatic heterocycles. The van der Waals surface area contributed by atoms with Crippen LogP contribution in [0.4, 0.5) is 0 Å². The van der Waals surface area contributed by atoms with Crippen molar-refractivity contribution in [1.29, 1.82) is 0 Å². The van der Waals surface area contributed by atoms with Gasteiger partial charge in [-0.05, 0) is 0 Å². The van der Waals surface area contributed by atoms with Gasteiger partial charge in [-0.15, -0.1) is 20.5 Å². The summed E-state index contributed by atoms with van der Waals surface area (Å²) in [6.45, 7) is 34.8. The molecule has 5 radical (unpaired) electrons. The van der Waals surface area contributed by atoms with Gasteiger partial charge >= 0.3 is 0 Å². The van der Waals surface area contributed by atoms with Gasteiger partial charge in [0.25, 0.3) is 0 Å². The van der Waals surface area contributed by atoms with Crippen molar-refractivity contribution in [1.82, 2.24) is 0 Å². The van der Waals surface area contributed by atoms with Crippen LogP contribution in [0.15, 0.2) is 0 Å². The summed E-state index contributed by atoms with van der Waals surface area (Å²) in [5, 5.41) is 0. The summed E-state index contributed by atoms with van der Waals surface area (Å²) in [6.07, 6.45) is 0.319. The van der Waals surface area contributed by atoms with Crippen LogP contribution in [0.2, 0.25) is 0 Å². The third kappa shape index (κ3) is 11.7. The fourth-order valence-electron chi connectivity index (χ4n) is 4.84. The first-order valence-corrected chi connectivity index (χ1v) is 14.3. The number of halogens is 1. The molecule has 9 heteroatoms. The predicted octanol–water partition coefficient (Wildman–Crippen LogP) is 6.55. The molecule has 4 rings (SSSR count). The van der Waals surface area contributed by atoms with Crippen LogP contribution >= 0.6 is 11.5 Å². The predicted molar refractivity (Wildman–Crippen MR) is 177 cm³/mol. The van der Waals surface area contributed by atoms with Gasteiger partial charge < -0.3 is 11.5 Å². The summed E-state index contributed by atoms with van der Waals surface area (Å²) in [5.41, 5.74) is 22.0. The molecule has 1 aliphatic rings. The van der Waals surface area contributed by atoms with Crippen molar-refractivity contribution in [2.45, 2.75) is 104 Å². The second kappa shape index (κ2) is 19.7. The number of hydrogen-bond acceptors (Lipinski definition) is 0. The first kappa shape index (κ1) is 44.1. The largest absolute Gasteiger partial charge is 0.485 e. The number of rotatable bonds is 2. The van der Waals surface area contributed by atoms with Crippen LogP contribution in [0.3, 0.4) is 0 Å². The Morgan fingerprint density at radius 1 is 0.487 bits per heavy atom. The minimum Gasteiger partial charge on any atom is -0.485 e. The maximum Gasteiger partial charge on any atom is 0 e. The van der Waals surface area contributed by atoms with Crippen molar-refractivity contribution in [3.63, 3.8) is 0 Å². The van der Waals surface area contributed by atoms with E-state index in [2.05, 4.69) is 104 Å². The molecule has 0 aromatic heterocycles. The summed E-state index contributed by atoms with van der Waals surface area (Å²) in [4.78, 5) is 0. The van der Waals surface area contributed by atoms with Gasteiger partial charge in [0.1, 0.15) is 0 Å². The molecule has 0 spiro atoms. The van der Waals surface area contributed by atoms with Gasteiger partial charge in [-0.2, -0.15) is 83.5 Å². The summed E-state index contributed by atoms with van der Waals surface area (Å²) < 4.78 is 0. The molecular weight excluding hydrogens is 1030 g/mol. The van der Waals surface area contributed by atoms with Crippen LogP contribution in [0.25, 0.3) is 0 Å². The minimum atomic E-state index is 0. The average molecular weight is 1080 g/mol. The van der Waals surface area contributed by atoms with E-state index in [-0.39, 0.29) is 60.3 Å². The van der Waals surface area contributed by atoms with Crippen molar-refractivity contribution < 1.29 is 60.3 Å². The Labute approximate surface area is 290 Å². The zero-order chi connectivity index (χ0) is 28.1. The van der Waals surface area contributed by atoms with E-state index in [1.54, 1.807) is 6.59 Å². The van der Waals surface area contributed by atoms with Crippen LogP contribution in [0.5, 0.6) is 0 Å². The van der Waals surface area contributed by atoms with Gasteiger partial charge in [-0.3, -0.25) is 13.6 Å². The fraction of sp³-hybridized carbons (Fsp3) is 0.500. The van der Waals surface area contributed by atoms with Gasteiger partial charge in [-0.1, -0.05) is 104 Å². The van der Waals surface area contributed by atoms with Crippen molar-refractivity contribution in [2.75, 3.05) is 0 Å². The smallest absolute Gasteiger partial charge is 0 e. The average Bonchev–Trinajstić information content (AvgIpc) is 3.63. The Morgan fingerprint density at radius 3 is 0.718 bits per heavy atom. The second-order valence-corrected chi connectivity index (χ2v) is 11.9. The van der Waals surface area contributed by atoms with Gasteiger partial charge in [0, 0.05) is 60.3 Å². The molecule has 1 heterocycles. The minimum absolute atomic E-state index is 0. The maximum atomic E-state index is 5.33. The summed E-state index contributed by atoms with van der Waals surface area (Å²) in [5.74, 6) is 0. The van der Waals surface area contributed by atoms with Crippen LogP contribution < -0.4 is 0 Å². The molecule has 0 saturated carbocycles. The maximum absolute atomic E-state index is 5.33. The van der Waals surface area contributed by atoms with Gasteiger partial charge in [-0.25, -0.2) is 0 Å². The van der Waals surface area contributed by atoms with Crippen molar-refractivity contribution in [3.8, 4) is 0 Å². The first-order valence-electron chi connectivity index (χ1n) is 13.9. The molecule has 223 valence electrons. The zero-order valence-corrected chi connectivity index (χ0v) is 35.2. The molecule has 3 aromatic carbocycles. The molecule has 0 aliphatic carbocycles. The van der Waals surface area contributed by atoms with E-state index in [4.69, 9.17) is 11.5 Å². The van der Waals surface area contributed by atoms with Crippen molar-refractivity contribution >= 4 is 45.6 Å². The topological polar surface area (TPSA) is 0 Å². The molecule has 0 atom stereocenters. The summed E-state index contributed by atoms with van der Waals surface area (Å²) >= 11 is 5.33. The normalized spacial score (nSPS) is 10.9. The molecule has 0 unspecified atom stereocenters.